The van der Waals surface area contributed by atoms with Gasteiger partial charge in [-0.3, -0.25) is 9.78 Å². The molecule has 0 bridgehead atoms. The molecule has 0 unspecified atom stereocenters. The van der Waals surface area contributed by atoms with Crippen LogP contribution in [0.25, 0.3) is 0 Å². The maximum absolute atomic E-state index is 11.5. The quantitative estimate of drug-likeness (QED) is 0.739. The Morgan fingerprint density at radius 1 is 1.47 bits per heavy atom. The van der Waals surface area contributed by atoms with E-state index in [1.807, 2.05) is 12.3 Å². The molecule has 0 saturated heterocycles. The number of hydrogen-bond donors (Lipinski definition) is 0. The van der Waals surface area contributed by atoms with Crippen molar-refractivity contribution in [3.05, 3.63) is 29.6 Å². The highest BCUT2D eigenvalue weighted by molar-refractivity contribution is 5.78. The lowest BCUT2D eigenvalue weighted by Crippen LogP contribution is -2.04. The molecule has 1 aromatic heterocycles. The molecule has 1 heterocycles. The molecule has 2 heteroatoms. The Labute approximate surface area is 91.7 Å². The van der Waals surface area contributed by atoms with Crippen LogP contribution < -0.4 is 0 Å². The fourth-order valence-electron chi connectivity index (χ4n) is 1.59. The van der Waals surface area contributed by atoms with Gasteiger partial charge in [0.25, 0.3) is 0 Å². The minimum Gasteiger partial charge on any atom is -0.300 e. The number of ketones is 1. The summed E-state index contributed by atoms with van der Waals surface area (Å²) in [6.45, 7) is 6.21. The number of Topliss-reactive ketones (excluding diaryl/α,β-unsaturated/α-hetero) is 1. The van der Waals surface area contributed by atoms with Gasteiger partial charge in [0, 0.05) is 25.2 Å². The predicted molar refractivity (Wildman–Crippen MR) is 61.8 cm³/mol. The summed E-state index contributed by atoms with van der Waals surface area (Å²) in [6, 6.07) is 1.99. The largest absolute Gasteiger partial charge is 0.300 e. The van der Waals surface area contributed by atoms with E-state index < -0.39 is 0 Å². The van der Waals surface area contributed by atoms with Crippen LogP contribution in [0.1, 0.15) is 37.8 Å². The topological polar surface area (TPSA) is 30.0 Å². The number of carbonyl (C=O) groups is 1. The molecule has 82 valence electrons. The predicted octanol–water partition coefficient (Wildman–Crippen LogP) is 2.94. The van der Waals surface area contributed by atoms with Crippen LogP contribution >= 0.6 is 0 Å². The maximum Gasteiger partial charge on any atom is 0.133 e. The van der Waals surface area contributed by atoms with Gasteiger partial charge in [0.2, 0.25) is 0 Å². The number of aromatic nitrogens is 1. The SMILES string of the molecule is Cc1ccncc1CCC(=O)CC(C)C. The van der Waals surface area contributed by atoms with E-state index in [4.69, 9.17) is 0 Å². The summed E-state index contributed by atoms with van der Waals surface area (Å²) < 4.78 is 0. The summed E-state index contributed by atoms with van der Waals surface area (Å²) in [5.74, 6) is 0.820. The standard InChI is InChI=1S/C13H19NO/c1-10(2)8-13(15)5-4-12-9-14-7-6-11(12)3/h6-7,9-10H,4-5,8H2,1-3H3. The van der Waals surface area contributed by atoms with Crippen LogP contribution in [0, 0.1) is 12.8 Å². The number of rotatable bonds is 5. The van der Waals surface area contributed by atoms with E-state index in [2.05, 4.69) is 25.8 Å². The highest BCUT2D eigenvalue weighted by atomic mass is 16.1. The minimum absolute atomic E-state index is 0.355. The van der Waals surface area contributed by atoms with Crippen molar-refractivity contribution in [1.82, 2.24) is 4.98 Å². The van der Waals surface area contributed by atoms with Crippen LogP contribution in [0.5, 0.6) is 0 Å². The lowest BCUT2D eigenvalue weighted by molar-refractivity contribution is -0.119. The van der Waals surface area contributed by atoms with Crippen LogP contribution in [0.2, 0.25) is 0 Å². The van der Waals surface area contributed by atoms with Crippen LogP contribution in [0.15, 0.2) is 18.5 Å². The van der Waals surface area contributed by atoms with E-state index in [0.29, 0.717) is 24.5 Å². The number of carbonyl (C=O) groups excluding carboxylic acids is 1. The zero-order valence-corrected chi connectivity index (χ0v) is 9.79. The summed E-state index contributed by atoms with van der Waals surface area (Å²) in [5, 5.41) is 0. The molecule has 0 radical (unpaired) electrons. The molecule has 0 aliphatic rings. The third-order valence-corrected chi connectivity index (χ3v) is 2.46. The van der Waals surface area contributed by atoms with Crippen molar-refractivity contribution in [2.75, 3.05) is 0 Å². The summed E-state index contributed by atoms with van der Waals surface area (Å²) in [7, 11) is 0. The first kappa shape index (κ1) is 11.9. The monoisotopic (exact) mass is 205 g/mol. The van der Waals surface area contributed by atoms with E-state index in [-0.39, 0.29) is 0 Å². The first-order chi connectivity index (χ1) is 7.09. The van der Waals surface area contributed by atoms with Crippen LogP contribution in [-0.4, -0.2) is 10.8 Å². The molecular formula is C13H19NO. The average Bonchev–Trinajstić information content (AvgIpc) is 2.15. The molecule has 0 fully saturated rings. The summed E-state index contributed by atoms with van der Waals surface area (Å²) in [4.78, 5) is 15.6. The molecule has 0 N–H and O–H groups in total. The van der Waals surface area contributed by atoms with Gasteiger partial charge in [-0.1, -0.05) is 13.8 Å². The van der Waals surface area contributed by atoms with Crippen molar-refractivity contribution in [2.24, 2.45) is 5.92 Å². The lowest BCUT2D eigenvalue weighted by atomic mass is 10.0. The molecule has 0 atom stereocenters. The Morgan fingerprint density at radius 3 is 2.80 bits per heavy atom. The second kappa shape index (κ2) is 5.64. The highest BCUT2D eigenvalue weighted by Crippen LogP contribution is 2.10. The van der Waals surface area contributed by atoms with Crippen molar-refractivity contribution >= 4 is 5.78 Å². The van der Waals surface area contributed by atoms with Gasteiger partial charge in [-0.15, -0.1) is 0 Å². The van der Waals surface area contributed by atoms with Crippen molar-refractivity contribution in [3.8, 4) is 0 Å². The second-order valence-corrected chi connectivity index (χ2v) is 4.44. The molecule has 0 aliphatic heterocycles. The van der Waals surface area contributed by atoms with E-state index in [1.54, 1.807) is 6.20 Å². The second-order valence-electron chi connectivity index (χ2n) is 4.44. The van der Waals surface area contributed by atoms with Crippen molar-refractivity contribution in [2.45, 2.75) is 40.0 Å². The molecular weight excluding hydrogens is 186 g/mol. The Balaban J connectivity index is 2.44. The number of pyridine rings is 1. The highest BCUT2D eigenvalue weighted by Gasteiger charge is 2.06. The van der Waals surface area contributed by atoms with Crippen LogP contribution in [0.3, 0.4) is 0 Å². The fourth-order valence-corrected chi connectivity index (χ4v) is 1.59. The van der Waals surface area contributed by atoms with E-state index in [0.717, 1.165) is 6.42 Å². The first-order valence-electron chi connectivity index (χ1n) is 5.50. The van der Waals surface area contributed by atoms with Crippen molar-refractivity contribution in [1.29, 1.82) is 0 Å². The normalized spacial score (nSPS) is 10.7. The molecule has 1 rings (SSSR count). The summed E-state index contributed by atoms with van der Waals surface area (Å²) >= 11 is 0. The van der Waals surface area contributed by atoms with Gasteiger partial charge in [0.15, 0.2) is 0 Å². The Kier molecular flexibility index (Phi) is 4.47. The van der Waals surface area contributed by atoms with Crippen molar-refractivity contribution < 1.29 is 4.79 Å². The Bertz CT molecular complexity index is 331. The number of hydrogen-bond acceptors (Lipinski definition) is 2. The Morgan fingerprint density at radius 2 is 2.20 bits per heavy atom. The van der Waals surface area contributed by atoms with Crippen LogP contribution in [-0.2, 0) is 11.2 Å². The third-order valence-electron chi connectivity index (χ3n) is 2.46. The fraction of sp³-hybridized carbons (Fsp3) is 0.538. The van der Waals surface area contributed by atoms with E-state index >= 15 is 0 Å². The van der Waals surface area contributed by atoms with Crippen LogP contribution in [0.4, 0.5) is 0 Å². The summed E-state index contributed by atoms with van der Waals surface area (Å²) in [6.07, 6.45) is 5.81. The van der Waals surface area contributed by atoms with Gasteiger partial charge >= 0.3 is 0 Å². The molecule has 0 amide bonds. The molecule has 1 aromatic rings. The smallest absolute Gasteiger partial charge is 0.133 e. The number of nitrogens with zero attached hydrogens (tertiary/aromatic N) is 1. The molecule has 0 saturated carbocycles. The molecule has 0 spiro atoms. The molecule has 2 nitrogen and oxygen atoms in total. The third kappa shape index (κ3) is 4.24. The van der Waals surface area contributed by atoms with Gasteiger partial charge in [-0.05, 0) is 36.5 Å². The van der Waals surface area contributed by atoms with E-state index in [9.17, 15) is 4.79 Å². The zero-order chi connectivity index (χ0) is 11.3. The van der Waals surface area contributed by atoms with Gasteiger partial charge in [-0.2, -0.15) is 0 Å². The lowest BCUT2D eigenvalue weighted by Gasteiger charge is -2.05. The average molecular weight is 205 g/mol. The van der Waals surface area contributed by atoms with E-state index in [1.165, 1.54) is 11.1 Å². The number of aryl methyl sites for hydroxylation is 2. The van der Waals surface area contributed by atoms with Gasteiger partial charge in [0.1, 0.15) is 5.78 Å². The first-order valence-corrected chi connectivity index (χ1v) is 5.50. The maximum atomic E-state index is 11.5. The Hall–Kier alpha value is -1.18. The minimum atomic E-state index is 0.355. The van der Waals surface area contributed by atoms with Crippen molar-refractivity contribution in [3.63, 3.8) is 0 Å². The summed E-state index contributed by atoms with van der Waals surface area (Å²) in [5.41, 5.74) is 2.41. The molecule has 0 aliphatic carbocycles. The van der Waals surface area contributed by atoms with Gasteiger partial charge < -0.3 is 0 Å². The van der Waals surface area contributed by atoms with Gasteiger partial charge in [0.05, 0.1) is 0 Å². The molecule has 0 aromatic carbocycles. The van der Waals surface area contributed by atoms with Gasteiger partial charge in [-0.25, -0.2) is 0 Å². The molecule has 15 heavy (non-hydrogen) atoms. The zero-order valence-electron chi connectivity index (χ0n) is 9.79.